The molecule has 0 radical (unpaired) electrons. The van der Waals surface area contributed by atoms with E-state index in [1.807, 2.05) is 0 Å². The Morgan fingerprint density at radius 2 is 1.57 bits per heavy atom. The van der Waals surface area contributed by atoms with Crippen molar-refractivity contribution in [3.8, 4) is 0 Å². The molecule has 21 heavy (non-hydrogen) atoms. The highest BCUT2D eigenvalue weighted by Crippen LogP contribution is 2.39. The average Bonchev–Trinajstić information content (AvgIpc) is 2.66. The van der Waals surface area contributed by atoms with E-state index in [9.17, 15) is 13.2 Å². The molecule has 5 heteroatoms. The zero-order chi connectivity index (χ0) is 15.6. The summed E-state index contributed by atoms with van der Waals surface area (Å²) in [5.74, 6) is 0.427. The van der Waals surface area contributed by atoms with Gasteiger partial charge in [-0.05, 0) is 38.5 Å². The van der Waals surface area contributed by atoms with Crippen molar-refractivity contribution in [1.82, 2.24) is 4.90 Å². The summed E-state index contributed by atoms with van der Waals surface area (Å²) < 4.78 is 23.6. The Balaban J connectivity index is 2.10. The standard InChI is InChI=1S/C16H29NO3S/c1-4-6-12(7-5-2)16(18)17-13-8-9-14(17)11-15(10-13)21(3,19)20/h12-15H,4-11H2,1-3H3. The van der Waals surface area contributed by atoms with Gasteiger partial charge in [0.05, 0.1) is 5.25 Å². The summed E-state index contributed by atoms with van der Waals surface area (Å²) >= 11 is 0. The second-order valence-corrected chi connectivity index (χ2v) is 9.15. The maximum absolute atomic E-state index is 12.9. The number of hydrogen-bond donors (Lipinski definition) is 0. The van der Waals surface area contributed by atoms with Gasteiger partial charge in [0.2, 0.25) is 5.91 Å². The lowest BCUT2D eigenvalue weighted by atomic mass is 9.93. The number of piperidine rings is 1. The molecule has 0 aromatic heterocycles. The van der Waals surface area contributed by atoms with Crippen LogP contribution in [0.4, 0.5) is 0 Å². The van der Waals surface area contributed by atoms with Gasteiger partial charge in [0, 0.05) is 24.3 Å². The molecule has 0 spiro atoms. The summed E-state index contributed by atoms with van der Waals surface area (Å²) in [5.41, 5.74) is 0. The molecule has 2 heterocycles. The highest BCUT2D eigenvalue weighted by atomic mass is 32.2. The van der Waals surface area contributed by atoms with Gasteiger partial charge in [-0.15, -0.1) is 0 Å². The van der Waals surface area contributed by atoms with Gasteiger partial charge in [-0.3, -0.25) is 4.79 Å². The molecular weight excluding hydrogens is 286 g/mol. The van der Waals surface area contributed by atoms with Gasteiger partial charge in [0.1, 0.15) is 9.84 Å². The van der Waals surface area contributed by atoms with Gasteiger partial charge in [0.15, 0.2) is 0 Å². The number of carbonyl (C=O) groups is 1. The number of amides is 1. The van der Waals surface area contributed by atoms with E-state index in [-0.39, 0.29) is 29.2 Å². The SMILES string of the molecule is CCCC(CCC)C(=O)N1C2CCC1CC(S(C)(=O)=O)C2. The number of nitrogens with zero attached hydrogens (tertiary/aromatic N) is 1. The largest absolute Gasteiger partial charge is 0.336 e. The van der Waals surface area contributed by atoms with Crippen LogP contribution < -0.4 is 0 Å². The molecule has 0 aromatic carbocycles. The Bertz CT molecular complexity index is 454. The Labute approximate surface area is 129 Å². The second-order valence-electron chi connectivity index (χ2n) is 6.83. The summed E-state index contributed by atoms with van der Waals surface area (Å²) in [6.07, 6.45) is 8.57. The fourth-order valence-electron chi connectivity index (χ4n) is 4.14. The number of carbonyl (C=O) groups excluding carboxylic acids is 1. The Morgan fingerprint density at radius 1 is 1.10 bits per heavy atom. The highest BCUT2D eigenvalue weighted by Gasteiger charge is 2.46. The molecule has 0 aromatic rings. The van der Waals surface area contributed by atoms with Crippen LogP contribution in [-0.2, 0) is 14.6 Å². The molecule has 0 N–H and O–H groups in total. The molecule has 2 saturated heterocycles. The van der Waals surface area contributed by atoms with Crippen LogP contribution in [0.3, 0.4) is 0 Å². The lowest BCUT2D eigenvalue weighted by Crippen LogP contribution is -2.51. The van der Waals surface area contributed by atoms with Crippen molar-refractivity contribution in [1.29, 1.82) is 0 Å². The Hall–Kier alpha value is -0.580. The van der Waals surface area contributed by atoms with Crippen LogP contribution in [0.15, 0.2) is 0 Å². The topological polar surface area (TPSA) is 54.5 Å². The van der Waals surface area contributed by atoms with Gasteiger partial charge in [0.25, 0.3) is 0 Å². The van der Waals surface area contributed by atoms with Crippen molar-refractivity contribution in [2.75, 3.05) is 6.26 Å². The molecular formula is C16H29NO3S. The monoisotopic (exact) mass is 315 g/mol. The maximum Gasteiger partial charge on any atom is 0.226 e. The zero-order valence-electron chi connectivity index (χ0n) is 13.5. The van der Waals surface area contributed by atoms with E-state index in [4.69, 9.17) is 0 Å². The molecule has 2 atom stereocenters. The molecule has 2 bridgehead atoms. The van der Waals surface area contributed by atoms with Gasteiger partial charge in [-0.1, -0.05) is 26.7 Å². The van der Waals surface area contributed by atoms with E-state index in [0.29, 0.717) is 12.8 Å². The van der Waals surface area contributed by atoms with E-state index >= 15 is 0 Å². The smallest absolute Gasteiger partial charge is 0.226 e. The summed E-state index contributed by atoms with van der Waals surface area (Å²) in [6.45, 7) is 4.25. The fraction of sp³-hybridized carbons (Fsp3) is 0.938. The van der Waals surface area contributed by atoms with Crippen molar-refractivity contribution in [3.63, 3.8) is 0 Å². The molecule has 0 aliphatic carbocycles. The van der Waals surface area contributed by atoms with Gasteiger partial charge in [-0.2, -0.15) is 0 Å². The van der Waals surface area contributed by atoms with Crippen LogP contribution in [0.5, 0.6) is 0 Å². The van der Waals surface area contributed by atoms with E-state index in [1.54, 1.807) is 0 Å². The minimum Gasteiger partial charge on any atom is -0.336 e. The summed E-state index contributed by atoms with van der Waals surface area (Å²) in [6, 6.07) is 0.319. The summed E-state index contributed by atoms with van der Waals surface area (Å²) in [7, 11) is -2.98. The van der Waals surface area contributed by atoms with Crippen LogP contribution in [-0.4, -0.2) is 42.8 Å². The molecule has 1 amide bonds. The van der Waals surface area contributed by atoms with Crippen LogP contribution in [0.2, 0.25) is 0 Å². The predicted molar refractivity (Wildman–Crippen MR) is 84.8 cm³/mol. The molecule has 2 aliphatic heterocycles. The van der Waals surface area contributed by atoms with E-state index in [2.05, 4.69) is 18.7 Å². The van der Waals surface area contributed by atoms with Gasteiger partial charge < -0.3 is 4.90 Å². The summed E-state index contributed by atoms with van der Waals surface area (Å²) in [4.78, 5) is 14.9. The zero-order valence-corrected chi connectivity index (χ0v) is 14.4. The maximum atomic E-state index is 12.9. The third-order valence-electron chi connectivity index (χ3n) is 5.17. The number of rotatable bonds is 6. The molecule has 2 fully saturated rings. The van der Waals surface area contributed by atoms with Crippen molar-refractivity contribution >= 4 is 15.7 Å². The molecule has 2 unspecified atom stereocenters. The minimum absolute atomic E-state index is 0.137. The average molecular weight is 315 g/mol. The van der Waals surface area contributed by atoms with Crippen molar-refractivity contribution in [2.24, 2.45) is 5.92 Å². The van der Waals surface area contributed by atoms with E-state index in [0.717, 1.165) is 38.5 Å². The second kappa shape index (κ2) is 6.67. The number of hydrogen-bond acceptors (Lipinski definition) is 3. The van der Waals surface area contributed by atoms with Crippen LogP contribution in [0, 0.1) is 5.92 Å². The third kappa shape index (κ3) is 3.61. The lowest BCUT2D eigenvalue weighted by Gasteiger charge is -2.40. The van der Waals surface area contributed by atoms with Crippen molar-refractivity contribution < 1.29 is 13.2 Å². The minimum atomic E-state index is -2.98. The first-order valence-electron chi connectivity index (χ1n) is 8.39. The third-order valence-corrected chi connectivity index (χ3v) is 6.77. The fourth-order valence-corrected chi connectivity index (χ4v) is 5.28. The van der Waals surface area contributed by atoms with E-state index < -0.39 is 9.84 Å². The molecule has 122 valence electrons. The first kappa shape index (κ1) is 16.8. The molecule has 0 saturated carbocycles. The van der Waals surface area contributed by atoms with Crippen LogP contribution in [0.1, 0.15) is 65.2 Å². The first-order valence-corrected chi connectivity index (χ1v) is 10.3. The molecule has 2 aliphatic rings. The highest BCUT2D eigenvalue weighted by molar-refractivity contribution is 7.91. The normalized spacial score (nSPS) is 29.1. The number of sulfone groups is 1. The van der Waals surface area contributed by atoms with Gasteiger partial charge in [-0.25, -0.2) is 8.42 Å². The van der Waals surface area contributed by atoms with Gasteiger partial charge >= 0.3 is 0 Å². The molecule has 2 rings (SSSR count). The van der Waals surface area contributed by atoms with E-state index in [1.165, 1.54) is 6.26 Å². The number of fused-ring (bicyclic) bond motifs is 2. The van der Waals surface area contributed by atoms with Crippen LogP contribution >= 0.6 is 0 Å². The quantitative estimate of drug-likeness (QED) is 0.757. The Morgan fingerprint density at radius 3 is 1.95 bits per heavy atom. The Kier molecular flexibility index (Phi) is 5.33. The predicted octanol–water partition coefficient (Wildman–Crippen LogP) is 2.77. The first-order chi connectivity index (χ1) is 9.88. The van der Waals surface area contributed by atoms with Crippen molar-refractivity contribution in [3.05, 3.63) is 0 Å². The molecule has 4 nitrogen and oxygen atoms in total. The van der Waals surface area contributed by atoms with Crippen LogP contribution in [0.25, 0.3) is 0 Å². The lowest BCUT2D eigenvalue weighted by molar-refractivity contribution is -0.140. The van der Waals surface area contributed by atoms with Crippen molar-refractivity contribution in [2.45, 2.75) is 82.5 Å². The summed E-state index contributed by atoms with van der Waals surface area (Å²) in [5, 5.41) is -0.241.